The number of rotatable bonds is 28. The van der Waals surface area contributed by atoms with E-state index in [0.29, 0.717) is 37.5 Å². The van der Waals surface area contributed by atoms with E-state index in [-0.39, 0.29) is 60.9 Å². The lowest BCUT2D eigenvalue weighted by Gasteiger charge is -2.26. The van der Waals surface area contributed by atoms with Crippen LogP contribution in [-0.2, 0) is 38.4 Å². The fraction of sp³-hybridized carbons (Fsp3) is 0.757. The largest absolute Gasteiger partial charge is 0.368 e. The Bertz CT molecular complexity index is 1470. The molecule has 0 aromatic carbocycles. The number of carbonyl (C=O) groups excluding carboxylic acids is 9. The van der Waals surface area contributed by atoms with E-state index in [0.717, 1.165) is 25.0 Å². The Kier molecular flexibility index (Phi) is 23.0. The van der Waals surface area contributed by atoms with Gasteiger partial charge in [-0.1, -0.05) is 34.1 Å². The van der Waals surface area contributed by atoms with E-state index < -0.39 is 78.5 Å². The Balaban J connectivity index is 1.69. The fourth-order valence-electron chi connectivity index (χ4n) is 6.71. The van der Waals surface area contributed by atoms with Crippen LogP contribution in [0.4, 0.5) is 4.79 Å². The summed E-state index contributed by atoms with van der Waals surface area (Å²) in [6.45, 7) is 6.73. The Morgan fingerprint density at radius 2 is 1.44 bits per heavy atom. The highest BCUT2D eigenvalue weighted by atomic mass is 32.2. The van der Waals surface area contributed by atoms with Gasteiger partial charge in [0.05, 0.1) is 25.2 Å². The van der Waals surface area contributed by atoms with Crippen molar-refractivity contribution in [2.24, 2.45) is 23.5 Å². The van der Waals surface area contributed by atoms with Crippen molar-refractivity contribution in [2.45, 2.75) is 127 Å². The second kappa shape index (κ2) is 26.7. The average Bonchev–Trinajstić information content (AvgIpc) is 3.73. The first kappa shape index (κ1) is 50.8. The van der Waals surface area contributed by atoms with Gasteiger partial charge >= 0.3 is 6.03 Å². The van der Waals surface area contributed by atoms with Crippen molar-refractivity contribution in [1.82, 2.24) is 48.0 Å². The molecule has 12 N–H and O–H groups in total. The van der Waals surface area contributed by atoms with Crippen molar-refractivity contribution >= 4 is 77.7 Å². The maximum absolute atomic E-state index is 13.3. The highest BCUT2D eigenvalue weighted by Crippen LogP contribution is 2.33. The van der Waals surface area contributed by atoms with Gasteiger partial charge in [0.15, 0.2) is 0 Å². The molecule has 0 radical (unpaired) electrons. The number of thioether (sulfide) groups is 1. The van der Waals surface area contributed by atoms with Crippen molar-refractivity contribution < 1.29 is 48.4 Å². The minimum Gasteiger partial charge on any atom is -0.368 e. The smallest absolute Gasteiger partial charge is 0.315 e. The molecule has 0 saturated carbocycles. The molecule has 334 valence electrons. The van der Waals surface area contributed by atoms with Gasteiger partial charge in [0.25, 0.3) is 0 Å². The van der Waals surface area contributed by atoms with Crippen LogP contribution in [-0.4, -0.2) is 125 Å². The first-order chi connectivity index (χ1) is 27.9. The number of primary amides is 1. The van der Waals surface area contributed by atoms with Gasteiger partial charge < -0.3 is 48.3 Å². The second-order valence-electron chi connectivity index (χ2n) is 15.7. The van der Waals surface area contributed by atoms with Gasteiger partial charge in [-0.15, -0.1) is 0 Å². The summed E-state index contributed by atoms with van der Waals surface area (Å²) in [6, 6.07) is -3.07. The number of amides is 10. The number of unbranched alkanes of at least 4 members (excludes halogenated alkanes) is 2. The summed E-state index contributed by atoms with van der Waals surface area (Å²) in [5.74, 6) is -5.08. The van der Waals surface area contributed by atoms with E-state index >= 15 is 0 Å². The average molecular weight is 873 g/mol. The third-order valence-corrected chi connectivity index (χ3v) is 11.6. The predicted octanol–water partition coefficient (Wildman–Crippen LogP) is -1.30. The highest BCUT2D eigenvalue weighted by Gasteiger charge is 2.42. The zero-order chi connectivity index (χ0) is 44.1. The number of carbonyl (C=O) groups is 9. The number of urea groups is 1. The first-order valence-corrected chi connectivity index (χ1v) is 21.8. The molecule has 0 aromatic rings. The zero-order valence-corrected chi connectivity index (χ0v) is 36.1. The van der Waals surface area contributed by atoms with E-state index in [2.05, 4.69) is 55.2 Å². The molecule has 2 rings (SSSR count). The molecule has 0 aromatic heterocycles. The third kappa shape index (κ3) is 19.5. The van der Waals surface area contributed by atoms with Crippen LogP contribution in [0.15, 0.2) is 0 Å². The van der Waals surface area contributed by atoms with Gasteiger partial charge in [0, 0.05) is 42.1 Å². The molecule has 1 unspecified atom stereocenters. The summed E-state index contributed by atoms with van der Waals surface area (Å²) in [5.41, 5.74) is 6.98. The summed E-state index contributed by atoms with van der Waals surface area (Å²) in [7, 11) is 0. The van der Waals surface area contributed by atoms with E-state index in [1.165, 1.54) is 5.48 Å². The molecule has 10 amide bonds. The van der Waals surface area contributed by atoms with Crippen LogP contribution < -0.4 is 53.7 Å². The predicted molar refractivity (Wildman–Crippen MR) is 223 cm³/mol. The van der Waals surface area contributed by atoms with Crippen molar-refractivity contribution in [3.63, 3.8) is 0 Å². The number of thiol groups is 1. The maximum Gasteiger partial charge on any atom is 0.315 e. The SMILES string of the molecule is CC(C)CC(CC(=O)NO)C(=O)N[C@@H](CC(C)C)C(=O)N[C@@H](CS)C(=O)NCC(=O)NCC(=O)N[C@@H](CCCCNC(=O)CCCC[C@@H]1SC[C@@H]2NC(=O)N[C@@H]21)C(N)=O. The first-order valence-electron chi connectivity index (χ1n) is 20.2. The topological polar surface area (TPSA) is 308 Å². The van der Waals surface area contributed by atoms with Crippen LogP contribution in [0, 0.1) is 17.8 Å². The molecule has 2 heterocycles. The lowest BCUT2D eigenvalue weighted by molar-refractivity contribution is -0.137. The van der Waals surface area contributed by atoms with E-state index in [9.17, 15) is 43.2 Å². The van der Waals surface area contributed by atoms with Crippen molar-refractivity contribution in [3.05, 3.63) is 0 Å². The summed E-state index contributed by atoms with van der Waals surface area (Å²) in [4.78, 5) is 112. The maximum atomic E-state index is 13.3. The molecule has 7 atom stereocenters. The van der Waals surface area contributed by atoms with Crippen molar-refractivity contribution in [3.8, 4) is 0 Å². The summed E-state index contributed by atoms with van der Waals surface area (Å²) in [5, 5.41) is 30.4. The minimum atomic E-state index is -1.19. The van der Waals surface area contributed by atoms with Gasteiger partial charge in [-0.25, -0.2) is 10.3 Å². The van der Waals surface area contributed by atoms with Gasteiger partial charge in [0.2, 0.25) is 47.3 Å². The number of hydrogen-bond acceptors (Lipinski definition) is 12. The fourth-order valence-corrected chi connectivity index (χ4v) is 8.51. The van der Waals surface area contributed by atoms with Crippen LogP contribution in [0.1, 0.15) is 91.9 Å². The zero-order valence-electron chi connectivity index (χ0n) is 34.4. The Hall–Kier alpha value is -4.31. The molecule has 0 spiro atoms. The Morgan fingerprint density at radius 1 is 0.763 bits per heavy atom. The third-order valence-electron chi connectivity index (χ3n) is 9.71. The molecule has 59 heavy (non-hydrogen) atoms. The number of fused-ring (bicyclic) bond motifs is 1. The van der Waals surface area contributed by atoms with E-state index in [1.807, 2.05) is 39.5 Å². The quantitative estimate of drug-likeness (QED) is 0.0144. The van der Waals surface area contributed by atoms with Crippen molar-refractivity contribution in [1.29, 1.82) is 0 Å². The van der Waals surface area contributed by atoms with Gasteiger partial charge in [-0.2, -0.15) is 24.4 Å². The molecule has 2 saturated heterocycles. The van der Waals surface area contributed by atoms with Gasteiger partial charge in [-0.3, -0.25) is 43.6 Å². The Morgan fingerprint density at radius 3 is 2.08 bits per heavy atom. The molecular weight excluding hydrogens is 809 g/mol. The number of nitrogens with two attached hydrogens (primary N) is 1. The van der Waals surface area contributed by atoms with E-state index in [4.69, 9.17) is 10.9 Å². The van der Waals surface area contributed by atoms with Gasteiger partial charge in [0.1, 0.15) is 18.1 Å². The van der Waals surface area contributed by atoms with Crippen LogP contribution in [0.25, 0.3) is 0 Å². The summed E-state index contributed by atoms with van der Waals surface area (Å²) in [6.07, 6.45) is 4.38. The summed E-state index contributed by atoms with van der Waals surface area (Å²) >= 11 is 5.99. The lowest BCUT2D eigenvalue weighted by Crippen LogP contribution is -2.56. The lowest BCUT2D eigenvalue weighted by atomic mass is 9.92. The van der Waals surface area contributed by atoms with E-state index in [1.54, 1.807) is 0 Å². The van der Waals surface area contributed by atoms with Crippen LogP contribution in [0.5, 0.6) is 0 Å². The Labute approximate surface area is 355 Å². The molecule has 0 bridgehead atoms. The molecule has 0 aliphatic carbocycles. The van der Waals surface area contributed by atoms with Crippen LogP contribution in [0.3, 0.4) is 0 Å². The summed E-state index contributed by atoms with van der Waals surface area (Å²) < 4.78 is 0. The number of hydroxylamine groups is 1. The highest BCUT2D eigenvalue weighted by molar-refractivity contribution is 8.00. The molecule has 2 aliphatic heterocycles. The second-order valence-corrected chi connectivity index (χ2v) is 17.4. The van der Waals surface area contributed by atoms with Gasteiger partial charge in [-0.05, 0) is 56.8 Å². The standard InChI is InChI=1S/C37H64N10O10S2/c1-20(2)13-22(15-29(49)47-57)34(53)43-24(14-21(3)4)36(55)44-25(18-58)35(54)41-16-30(50)40-17-31(51)42-23(33(38)52)9-7-8-12-39-28(48)11-6-5-10-27-32-26(19-59-27)45-37(56)46-32/h20-27,32,57-58H,5-19H2,1-4H3,(H2,38,52)(H,39,48)(H,40,50)(H,41,54)(H,42,51)(H,43,53)(H,44,55)(H,47,49)(H2,45,46,56)/t22?,23-,24-,25-,26-,27-,32-/m0/s1. The molecule has 20 nitrogen and oxygen atoms in total. The molecule has 22 heteroatoms. The van der Waals surface area contributed by atoms with Crippen LogP contribution in [0.2, 0.25) is 0 Å². The monoisotopic (exact) mass is 872 g/mol. The number of hydrogen-bond donors (Lipinski definition) is 12. The molecular formula is C37H64N10O10S2. The van der Waals surface area contributed by atoms with Crippen LogP contribution >= 0.6 is 24.4 Å². The molecule has 2 fully saturated rings. The minimum absolute atomic E-state index is 0.0364. The normalized spacial score (nSPS) is 18.9. The molecule has 2 aliphatic rings. The number of nitrogens with one attached hydrogen (secondary N) is 9. The van der Waals surface area contributed by atoms with Crippen molar-refractivity contribution in [2.75, 3.05) is 31.1 Å².